The van der Waals surface area contributed by atoms with Gasteiger partial charge < -0.3 is 10.2 Å². The molecule has 1 saturated heterocycles. The predicted molar refractivity (Wildman–Crippen MR) is 97.4 cm³/mol. The highest BCUT2D eigenvalue weighted by atomic mass is 16.1. The molecule has 3 rings (SSSR count). The van der Waals surface area contributed by atoms with Crippen LogP contribution in [-0.4, -0.2) is 30.5 Å². The number of rotatable bonds is 5. The van der Waals surface area contributed by atoms with E-state index in [0.717, 1.165) is 25.3 Å². The molecule has 1 fully saturated rings. The van der Waals surface area contributed by atoms with Crippen LogP contribution in [0.15, 0.2) is 48.5 Å². The summed E-state index contributed by atoms with van der Waals surface area (Å²) in [6.07, 6.45) is 5.81. The Labute approximate surface area is 143 Å². The van der Waals surface area contributed by atoms with Crippen LogP contribution in [0, 0.1) is 0 Å². The van der Waals surface area contributed by atoms with Crippen molar-refractivity contribution in [2.24, 2.45) is 0 Å². The van der Waals surface area contributed by atoms with E-state index in [1.54, 1.807) is 6.07 Å². The van der Waals surface area contributed by atoms with Gasteiger partial charge >= 0.3 is 0 Å². The lowest BCUT2D eigenvalue weighted by atomic mass is 10.1. The number of aromatic nitrogens is 1. The van der Waals surface area contributed by atoms with Crippen LogP contribution < -0.4 is 10.2 Å². The summed E-state index contributed by atoms with van der Waals surface area (Å²) in [7, 11) is 0. The molecule has 4 heteroatoms. The fourth-order valence-electron chi connectivity index (χ4n) is 3.08. The standard InChI is InChI=1S/C20H25N3O/c24-20(21-14-13-17-9-4-3-5-10-17)18-11-8-12-19(22-18)23-15-6-1-2-7-16-23/h3-5,8-12H,1-2,6-7,13-16H2,(H,21,24). The topological polar surface area (TPSA) is 45.2 Å². The van der Waals surface area contributed by atoms with Gasteiger partial charge in [0.2, 0.25) is 0 Å². The van der Waals surface area contributed by atoms with Crippen LogP contribution in [0.25, 0.3) is 0 Å². The van der Waals surface area contributed by atoms with Gasteiger partial charge in [-0.25, -0.2) is 4.98 Å². The number of benzene rings is 1. The van der Waals surface area contributed by atoms with Crippen molar-refractivity contribution in [3.63, 3.8) is 0 Å². The molecule has 2 heterocycles. The van der Waals surface area contributed by atoms with Gasteiger partial charge in [-0.15, -0.1) is 0 Å². The SMILES string of the molecule is O=C(NCCc1ccccc1)c1cccc(N2CCCCCC2)n1. The maximum atomic E-state index is 12.3. The average Bonchev–Trinajstić information content (AvgIpc) is 2.92. The number of carbonyl (C=O) groups is 1. The molecule has 0 radical (unpaired) electrons. The lowest BCUT2D eigenvalue weighted by Gasteiger charge is -2.21. The Morgan fingerprint density at radius 1 is 0.958 bits per heavy atom. The first-order valence-corrected chi connectivity index (χ1v) is 8.87. The maximum Gasteiger partial charge on any atom is 0.269 e. The van der Waals surface area contributed by atoms with Crippen LogP contribution in [0.3, 0.4) is 0 Å². The van der Waals surface area contributed by atoms with E-state index < -0.39 is 0 Å². The molecule has 0 unspecified atom stereocenters. The summed E-state index contributed by atoms with van der Waals surface area (Å²) in [6, 6.07) is 15.9. The molecule has 126 valence electrons. The van der Waals surface area contributed by atoms with Gasteiger partial charge in [-0.05, 0) is 37.0 Å². The number of anilines is 1. The van der Waals surface area contributed by atoms with E-state index in [9.17, 15) is 4.79 Å². The highest BCUT2D eigenvalue weighted by Crippen LogP contribution is 2.17. The van der Waals surface area contributed by atoms with Crippen LogP contribution in [0.2, 0.25) is 0 Å². The summed E-state index contributed by atoms with van der Waals surface area (Å²) in [6.45, 7) is 2.69. The molecule has 4 nitrogen and oxygen atoms in total. The minimum atomic E-state index is -0.0948. The highest BCUT2D eigenvalue weighted by molar-refractivity contribution is 5.92. The Kier molecular flexibility index (Phi) is 5.83. The molecule has 2 aromatic rings. The third-order valence-corrected chi connectivity index (χ3v) is 4.44. The van der Waals surface area contributed by atoms with Gasteiger partial charge in [-0.1, -0.05) is 49.2 Å². The zero-order chi connectivity index (χ0) is 16.6. The smallest absolute Gasteiger partial charge is 0.269 e. The molecular formula is C20H25N3O. The normalized spacial score (nSPS) is 14.9. The summed E-state index contributed by atoms with van der Waals surface area (Å²) in [5, 5.41) is 2.97. The Hall–Kier alpha value is -2.36. The molecular weight excluding hydrogens is 298 g/mol. The van der Waals surface area contributed by atoms with Crippen molar-refractivity contribution in [2.45, 2.75) is 32.1 Å². The van der Waals surface area contributed by atoms with Crippen LogP contribution in [0.4, 0.5) is 5.82 Å². The van der Waals surface area contributed by atoms with Gasteiger partial charge in [-0.3, -0.25) is 4.79 Å². The van der Waals surface area contributed by atoms with E-state index in [1.165, 1.54) is 31.2 Å². The first-order valence-electron chi connectivity index (χ1n) is 8.87. The second-order valence-corrected chi connectivity index (χ2v) is 6.27. The largest absolute Gasteiger partial charge is 0.357 e. The van der Waals surface area contributed by atoms with E-state index in [0.29, 0.717) is 12.2 Å². The lowest BCUT2D eigenvalue weighted by Crippen LogP contribution is -2.29. The maximum absolute atomic E-state index is 12.3. The minimum absolute atomic E-state index is 0.0948. The molecule has 0 bridgehead atoms. The number of hydrogen-bond acceptors (Lipinski definition) is 3. The van der Waals surface area contributed by atoms with Crippen LogP contribution in [0.5, 0.6) is 0 Å². The van der Waals surface area contributed by atoms with Crippen molar-refractivity contribution in [3.8, 4) is 0 Å². The number of nitrogens with zero attached hydrogens (tertiary/aromatic N) is 2. The third-order valence-electron chi connectivity index (χ3n) is 4.44. The van der Waals surface area contributed by atoms with Gasteiger partial charge in [0.05, 0.1) is 0 Å². The zero-order valence-electron chi connectivity index (χ0n) is 14.1. The highest BCUT2D eigenvalue weighted by Gasteiger charge is 2.13. The molecule has 1 aliphatic rings. The number of carbonyl (C=O) groups excluding carboxylic acids is 1. The molecule has 1 N–H and O–H groups in total. The molecule has 0 spiro atoms. The fraction of sp³-hybridized carbons (Fsp3) is 0.400. The van der Waals surface area contributed by atoms with E-state index in [4.69, 9.17) is 0 Å². The van der Waals surface area contributed by atoms with Gasteiger partial charge in [0.1, 0.15) is 11.5 Å². The Morgan fingerprint density at radius 2 is 1.71 bits per heavy atom. The van der Waals surface area contributed by atoms with Crippen LogP contribution in [0.1, 0.15) is 41.7 Å². The summed E-state index contributed by atoms with van der Waals surface area (Å²) < 4.78 is 0. The second-order valence-electron chi connectivity index (χ2n) is 6.27. The molecule has 0 aliphatic carbocycles. The van der Waals surface area contributed by atoms with E-state index in [2.05, 4.69) is 27.3 Å². The number of nitrogens with one attached hydrogen (secondary N) is 1. The quantitative estimate of drug-likeness (QED) is 0.917. The predicted octanol–water partition coefficient (Wildman–Crippen LogP) is 3.43. The molecule has 1 aliphatic heterocycles. The monoisotopic (exact) mass is 323 g/mol. The average molecular weight is 323 g/mol. The molecule has 1 amide bonds. The Balaban J connectivity index is 1.57. The first-order chi connectivity index (χ1) is 11.8. The third kappa shape index (κ3) is 4.57. The Bertz CT molecular complexity index is 649. The molecule has 24 heavy (non-hydrogen) atoms. The number of amides is 1. The van der Waals surface area contributed by atoms with Gasteiger partial charge in [0.15, 0.2) is 0 Å². The molecule has 0 saturated carbocycles. The fourth-order valence-corrected chi connectivity index (χ4v) is 3.08. The molecule has 1 aromatic heterocycles. The van der Waals surface area contributed by atoms with Gasteiger partial charge in [0.25, 0.3) is 5.91 Å². The summed E-state index contributed by atoms with van der Waals surface area (Å²) >= 11 is 0. The van der Waals surface area contributed by atoms with Crippen molar-refractivity contribution in [1.82, 2.24) is 10.3 Å². The minimum Gasteiger partial charge on any atom is -0.357 e. The van der Waals surface area contributed by atoms with Gasteiger partial charge in [0, 0.05) is 19.6 Å². The summed E-state index contributed by atoms with van der Waals surface area (Å²) in [5.74, 6) is 0.829. The number of hydrogen-bond donors (Lipinski definition) is 1. The lowest BCUT2D eigenvalue weighted by molar-refractivity contribution is 0.0949. The molecule has 1 aromatic carbocycles. The zero-order valence-corrected chi connectivity index (χ0v) is 14.1. The summed E-state index contributed by atoms with van der Waals surface area (Å²) in [4.78, 5) is 19.2. The summed E-state index contributed by atoms with van der Waals surface area (Å²) in [5.41, 5.74) is 1.73. The second kappa shape index (κ2) is 8.48. The van der Waals surface area contributed by atoms with E-state index in [1.807, 2.05) is 30.3 Å². The van der Waals surface area contributed by atoms with Crippen LogP contribution in [-0.2, 0) is 6.42 Å². The van der Waals surface area contributed by atoms with Crippen molar-refractivity contribution < 1.29 is 4.79 Å². The van der Waals surface area contributed by atoms with Gasteiger partial charge in [-0.2, -0.15) is 0 Å². The number of pyridine rings is 1. The van der Waals surface area contributed by atoms with E-state index in [-0.39, 0.29) is 5.91 Å². The van der Waals surface area contributed by atoms with Crippen molar-refractivity contribution >= 4 is 11.7 Å². The molecule has 0 atom stereocenters. The van der Waals surface area contributed by atoms with Crippen molar-refractivity contribution in [1.29, 1.82) is 0 Å². The van der Waals surface area contributed by atoms with E-state index >= 15 is 0 Å². The van der Waals surface area contributed by atoms with Crippen LogP contribution >= 0.6 is 0 Å². The Morgan fingerprint density at radius 3 is 2.46 bits per heavy atom. The van der Waals surface area contributed by atoms with Crippen molar-refractivity contribution in [3.05, 3.63) is 59.8 Å². The first kappa shape index (κ1) is 16.5. The van der Waals surface area contributed by atoms with Crippen molar-refractivity contribution in [2.75, 3.05) is 24.5 Å².